The van der Waals surface area contributed by atoms with Gasteiger partial charge in [0.2, 0.25) is 0 Å². The number of rotatable bonds is 3. The van der Waals surface area contributed by atoms with Crippen LogP contribution in [0.4, 0.5) is 0 Å². The van der Waals surface area contributed by atoms with Crippen LogP contribution in [0.5, 0.6) is 5.75 Å². The Morgan fingerprint density at radius 2 is 2.04 bits per heavy atom. The van der Waals surface area contributed by atoms with Crippen LogP contribution in [0.2, 0.25) is 0 Å². The lowest BCUT2D eigenvalue weighted by molar-refractivity contribution is 0.222. The Morgan fingerprint density at radius 1 is 1.17 bits per heavy atom. The van der Waals surface area contributed by atoms with Crippen molar-refractivity contribution in [2.45, 2.75) is 19.4 Å². The van der Waals surface area contributed by atoms with Crippen molar-refractivity contribution in [2.75, 3.05) is 20.2 Å². The molecule has 1 aromatic heterocycles. The van der Waals surface area contributed by atoms with Crippen LogP contribution in [-0.2, 0) is 6.42 Å². The van der Waals surface area contributed by atoms with Crippen LogP contribution in [0.1, 0.15) is 29.8 Å². The van der Waals surface area contributed by atoms with Crippen LogP contribution in [0, 0.1) is 0 Å². The first kappa shape index (κ1) is 14.3. The molecule has 4 rings (SSSR count). The van der Waals surface area contributed by atoms with Crippen molar-refractivity contribution >= 4 is 10.9 Å². The van der Waals surface area contributed by atoms with Gasteiger partial charge in [0.15, 0.2) is 0 Å². The Labute approximate surface area is 136 Å². The van der Waals surface area contributed by atoms with Crippen molar-refractivity contribution in [1.82, 2.24) is 9.88 Å². The van der Waals surface area contributed by atoms with Crippen LogP contribution >= 0.6 is 0 Å². The Morgan fingerprint density at radius 3 is 2.87 bits per heavy atom. The average molecular weight is 306 g/mol. The van der Waals surface area contributed by atoms with Gasteiger partial charge in [-0.15, -0.1) is 0 Å². The lowest BCUT2D eigenvalue weighted by atomic mass is 9.92. The minimum absolute atomic E-state index is 0.270. The number of ether oxygens (including phenoxy) is 1. The van der Waals surface area contributed by atoms with E-state index in [9.17, 15) is 0 Å². The zero-order valence-electron chi connectivity index (χ0n) is 13.7. The first-order valence-electron chi connectivity index (χ1n) is 8.29. The van der Waals surface area contributed by atoms with Crippen molar-refractivity contribution in [3.63, 3.8) is 0 Å². The van der Waals surface area contributed by atoms with Gasteiger partial charge < -0.3 is 9.72 Å². The van der Waals surface area contributed by atoms with Crippen LogP contribution in [-0.4, -0.2) is 30.1 Å². The molecule has 0 fully saturated rings. The van der Waals surface area contributed by atoms with Gasteiger partial charge in [0, 0.05) is 23.1 Å². The molecule has 1 aliphatic rings. The molecule has 0 spiro atoms. The molecule has 0 radical (unpaired) electrons. The van der Waals surface area contributed by atoms with Gasteiger partial charge in [-0.25, -0.2) is 0 Å². The molecule has 1 aliphatic heterocycles. The Kier molecular flexibility index (Phi) is 3.58. The second-order valence-corrected chi connectivity index (χ2v) is 6.12. The number of fused-ring (bicyclic) bond motifs is 3. The molecule has 1 N–H and O–H groups in total. The predicted molar refractivity (Wildman–Crippen MR) is 94.1 cm³/mol. The summed E-state index contributed by atoms with van der Waals surface area (Å²) in [5.41, 5.74) is 5.34. The van der Waals surface area contributed by atoms with E-state index in [4.69, 9.17) is 4.74 Å². The first-order chi connectivity index (χ1) is 11.3. The summed E-state index contributed by atoms with van der Waals surface area (Å²) in [4.78, 5) is 6.22. The monoisotopic (exact) mass is 306 g/mol. The number of likely N-dealkylation sites (N-methyl/N-ethyl adjacent to an activating group) is 1. The number of para-hydroxylation sites is 1. The molecule has 0 saturated carbocycles. The van der Waals surface area contributed by atoms with E-state index in [2.05, 4.69) is 59.3 Å². The van der Waals surface area contributed by atoms with E-state index >= 15 is 0 Å². The second-order valence-electron chi connectivity index (χ2n) is 6.12. The van der Waals surface area contributed by atoms with E-state index in [-0.39, 0.29) is 6.04 Å². The maximum absolute atomic E-state index is 5.43. The fourth-order valence-corrected chi connectivity index (χ4v) is 3.82. The van der Waals surface area contributed by atoms with Crippen LogP contribution in [0.15, 0.2) is 48.5 Å². The fraction of sp³-hybridized carbons (Fsp3) is 0.300. The number of aromatic nitrogens is 1. The molecule has 3 nitrogen and oxygen atoms in total. The zero-order chi connectivity index (χ0) is 15.8. The Hall–Kier alpha value is -2.26. The summed E-state index contributed by atoms with van der Waals surface area (Å²) in [5.74, 6) is 0.918. The van der Waals surface area contributed by atoms with Gasteiger partial charge in [0.05, 0.1) is 13.2 Å². The quantitative estimate of drug-likeness (QED) is 0.787. The zero-order valence-corrected chi connectivity index (χ0v) is 13.7. The standard InChI is InChI=1S/C20H22N2O/c1-3-22-12-11-17-16-9-4-5-10-18(16)21-19(17)20(22)14-7-6-8-15(13-14)23-2/h4-10,13,20-21H,3,11-12H2,1-2H3. The van der Waals surface area contributed by atoms with Gasteiger partial charge in [0.25, 0.3) is 0 Å². The second kappa shape index (κ2) is 5.74. The summed E-state index contributed by atoms with van der Waals surface area (Å²) < 4.78 is 5.43. The average Bonchev–Trinajstić information content (AvgIpc) is 2.99. The first-order valence-corrected chi connectivity index (χ1v) is 8.29. The number of hydrogen-bond donors (Lipinski definition) is 1. The maximum atomic E-state index is 5.43. The third kappa shape index (κ3) is 2.32. The summed E-state index contributed by atoms with van der Waals surface area (Å²) in [5, 5.41) is 1.37. The van der Waals surface area contributed by atoms with E-state index in [0.29, 0.717) is 0 Å². The molecule has 0 bridgehead atoms. The lowest BCUT2D eigenvalue weighted by Crippen LogP contribution is -2.35. The number of benzene rings is 2. The fourth-order valence-electron chi connectivity index (χ4n) is 3.82. The third-order valence-electron chi connectivity index (χ3n) is 4.95. The molecule has 1 atom stereocenters. The lowest BCUT2D eigenvalue weighted by Gasteiger charge is -2.35. The van der Waals surface area contributed by atoms with Gasteiger partial charge in [0.1, 0.15) is 5.75 Å². The summed E-state index contributed by atoms with van der Waals surface area (Å²) in [6.07, 6.45) is 1.10. The maximum Gasteiger partial charge on any atom is 0.119 e. The van der Waals surface area contributed by atoms with Gasteiger partial charge in [-0.1, -0.05) is 37.3 Å². The van der Waals surface area contributed by atoms with E-state index in [1.807, 2.05) is 6.07 Å². The molecular weight excluding hydrogens is 284 g/mol. The van der Waals surface area contributed by atoms with Crippen LogP contribution in [0.3, 0.4) is 0 Å². The Balaban J connectivity index is 1.90. The van der Waals surface area contributed by atoms with Gasteiger partial charge >= 0.3 is 0 Å². The molecule has 0 saturated heterocycles. The molecule has 0 amide bonds. The number of nitrogens with zero attached hydrogens (tertiary/aromatic N) is 1. The van der Waals surface area contributed by atoms with E-state index in [1.54, 1.807) is 7.11 Å². The number of hydrogen-bond acceptors (Lipinski definition) is 2. The van der Waals surface area contributed by atoms with E-state index < -0.39 is 0 Å². The third-order valence-corrected chi connectivity index (χ3v) is 4.95. The SMILES string of the molecule is CCN1CCc2c([nH]c3ccccc23)C1c1cccc(OC)c1. The number of H-pyrrole nitrogens is 1. The molecule has 1 unspecified atom stereocenters. The summed E-state index contributed by atoms with van der Waals surface area (Å²) in [6.45, 7) is 4.37. The van der Waals surface area contributed by atoms with E-state index in [1.165, 1.54) is 27.7 Å². The number of aromatic amines is 1. The predicted octanol–water partition coefficient (Wildman–Crippen LogP) is 4.14. The normalized spacial score (nSPS) is 18.1. The molecule has 3 heteroatoms. The van der Waals surface area contributed by atoms with Crippen LogP contribution < -0.4 is 4.74 Å². The molecule has 23 heavy (non-hydrogen) atoms. The number of methoxy groups -OCH3 is 1. The highest BCUT2D eigenvalue weighted by molar-refractivity contribution is 5.85. The molecule has 3 aromatic rings. The van der Waals surface area contributed by atoms with Crippen molar-refractivity contribution < 1.29 is 4.74 Å². The van der Waals surface area contributed by atoms with Crippen molar-refractivity contribution in [3.8, 4) is 5.75 Å². The highest BCUT2D eigenvalue weighted by Crippen LogP contribution is 2.38. The summed E-state index contributed by atoms with van der Waals surface area (Å²) >= 11 is 0. The Bertz CT molecular complexity index is 837. The largest absolute Gasteiger partial charge is 0.497 e. The van der Waals surface area contributed by atoms with Crippen LogP contribution in [0.25, 0.3) is 10.9 Å². The topological polar surface area (TPSA) is 28.3 Å². The highest BCUT2D eigenvalue weighted by atomic mass is 16.5. The van der Waals surface area contributed by atoms with Crippen molar-refractivity contribution in [3.05, 3.63) is 65.4 Å². The summed E-state index contributed by atoms with van der Waals surface area (Å²) in [7, 11) is 1.73. The van der Waals surface area contributed by atoms with E-state index in [0.717, 1.165) is 25.3 Å². The van der Waals surface area contributed by atoms with Gasteiger partial charge in [-0.05, 0) is 42.3 Å². The van der Waals surface area contributed by atoms with Gasteiger partial charge in [-0.2, -0.15) is 0 Å². The highest BCUT2D eigenvalue weighted by Gasteiger charge is 2.30. The summed E-state index contributed by atoms with van der Waals surface area (Å²) in [6, 6.07) is 17.4. The molecule has 2 aromatic carbocycles. The smallest absolute Gasteiger partial charge is 0.119 e. The molecular formula is C20H22N2O. The minimum atomic E-state index is 0.270. The molecule has 2 heterocycles. The van der Waals surface area contributed by atoms with Crippen molar-refractivity contribution in [1.29, 1.82) is 0 Å². The minimum Gasteiger partial charge on any atom is -0.497 e. The number of nitrogens with one attached hydrogen (secondary N) is 1. The van der Waals surface area contributed by atoms with Gasteiger partial charge in [-0.3, -0.25) is 4.90 Å². The van der Waals surface area contributed by atoms with Crippen molar-refractivity contribution in [2.24, 2.45) is 0 Å². The molecule has 0 aliphatic carbocycles. The molecule has 118 valence electrons.